The zero-order chi connectivity index (χ0) is 14.3. The van der Waals surface area contributed by atoms with Crippen molar-refractivity contribution >= 4 is 0 Å². The minimum Gasteiger partial charge on any atom is -0.676 e. The summed E-state index contributed by atoms with van der Waals surface area (Å²) in [6.45, 7) is 15.3. The summed E-state index contributed by atoms with van der Waals surface area (Å²) in [4.78, 5) is 0. The SMILES string of the molecule is CC(C)(C)CCCCOCCOCC[NH-].[CH2-]CC.[W].[W]. The second-order valence-corrected chi connectivity index (χ2v) is 5.49. The van der Waals surface area contributed by atoms with Crippen LogP contribution in [0.2, 0.25) is 0 Å². The summed E-state index contributed by atoms with van der Waals surface area (Å²) in [7, 11) is 0. The van der Waals surface area contributed by atoms with Crippen LogP contribution in [-0.4, -0.2) is 33.0 Å². The molecule has 0 saturated heterocycles. The van der Waals surface area contributed by atoms with Crippen LogP contribution in [0.4, 0.5) is 0 Å². The number of hydrogen-bond acceptors (Lipinski definition) is 2. The van der Waals surface area contributed by atoms with Crippen molar-refractivity contribution in [1.82, 2.24) is 0 Å². The molecule has 3 nitrogen and oxygen atoms in total. The third-order valence-electron chi connectivity index (χ3n) is 2.08. The molecule has 20 heavy (non-hydrogen) atoms. The van der Waals surface area contributed by atoms with Gasteiger partial charge in [0.05, 0.1) is 13.2 Å². The van der Waals surface area contributed by atoms with Gasteiger partial charge in [0.25, 0.3) is 0 Å². The summed E-state index contributed by atoms with van der Waals surface area (Å²) in [6.07, 6.45) is 4.62. The zero-order valence-corrected chi connectivity index (χ0v) is 19.6. The number of unbranched alkanes of at least 4 members (excludes halogenated alkanes) is 1. The van der Waals surface area contributed by atoms with Crippen LogP contribution in [-0.2, 0) is 51.6 Å². The molecule has 0 saturated carbocycles. The number of hydrogen-bond donors (Lipinski definition) is 0. The molecule has 0 aliphatic heterocycles. The predicted molar refractivity (Wildman–Crippen MR) is 79.8 cm³/mol. The van der Waals surface area contributed by atoms with Crippen LogP contribution in [0.3, 0.4) is 0 Å². The summed E-state index contributed by atoms with van der Waals surface area (Å²) < 4.78 is 10.5. The Kier molecular flexibility index (Phi) is 33.0. The van der Waals surface area contributed by atoms with Gasteiger partial charge in [-0.25, -0.2) is 0 Å². The molecule has 0 rings (SSSR count). The van der Waals surface area contributed by atoms with Crippen molar-refractivity contribution in [1.29, 1.82) is 0 Å². The molecule has 0 heterocycles. The Labute approximate surface area is 155 Å². The van der Waals surface area contributed by atoms with Crippen molar-refractivity contribution < 1.29 is 51.6 Å². The monoisotopic (exact) mass is 627 g/mol. The normalized spacial score (nSPS) is 9.90. The smallest absolute Gasteiger partial charge is 0.0700 e. The molecule has 124 valence electrons. The van der Waals surface area contributed by atoms with Gasteiger partial charge in [-0.2, -0.15) is 6.42 Å². The molecule has 0 aromatic carbocycles. The standard InChI is InChI=1S/C12H26NO2.C3H7.2W/c1-12(2,3)6-4-5-8-14-10-11-15-9-7-13;1-3-2;;/h13H,4-11H2,1-3H3;1,3H2,2H3;;/q2*-1;;. The zero-order valence-electron chi connectivity index (χ0n) is 13.7. The molecular formula is C15H33NO2W2-2. The van der Waals surface area contributed by atoms with Crippen LogP contribution in [0.5, 0.6) is 0 Å². The van der Waals surface area contributed by atoms with Crippen molar-refractivity contribution in [3.8, 4) is 0 Å². The van der Waals surface area contributed by atoms with Crippen molar-refractivity contribution in [2.75, 3.05) is 33.0 Å². The van der Waals surface area contributed by atoms with Crippen molar-refractivity contribution in [2.45, 2.75) is 53.4 Å². The van der Waals surface area contributed by atoms with E-state index < -0.39 is 0 Å². The fraction of sp³-hybridized carbons (Fsp3) is 0.933. The van der Waals surface area contributed by atoms with Gasteiger partial charge in [0, 0.05) is 55.3 Å². The van der Waals surface area contributed by atoms with Crippen LogP contribution in [0.15, 0.2) is 0 Å². The maximum absolute atomic E-state index is 6.87. The Hall–Kier alpha value is 1.26. The second-order valence-electron chi connectivity index (χ2n) is 5.49. The Morgan fingerprint density at radius 1 is 0.900 bits per heavy atom. The predicted octanol–water partition coefficient (Wildman–Crippen LogP) is 4.51. The van der Waals surface area contributed by atoms with Crippen LogP contribution >= 0.6 is 0 Å². The first-order valence-electron chi connectivity index (χ1n) is 7.07. The van der Waals surface area contributed by atoms with E-state index in [1.165, 1.54) is 12.8 Å². The topological polar surface area (TPSA) is 42.3 Å². The van der Waals surface area contributed by atoms with E-state index in [2.05, 4.69) is 27.7 Å². The third-order valence-corrected chi connectivity index (χ3v) is 2.08. The largest absolute Gasteiger partial charge is 0.676 e. The van der Waals surface area contributed by atoms with E-state index in [0.29, 0.717) is 31.8 Å². The summed E-state index contributed by atoms with van der Waals surface area (Å²) in [5, 5.41) is 0. The molecule has 0 radical (unpaired) electrons. The maximum atomic E-state index is 6.87. The molecule has 0 atom stereocenters. The quantitative estimate of drug-likeness (QED) is 0.279. The van der Waals surface area contributed by atoms with Gasteiger partial charge in [0.15, 0.2) is 0 Å². The Morgan fingerprint density at radius 2 is 1.35 bits per heavy atom. The van der Waals surface area contributed by atoms with Crippen LogP contribution < -0.4 is 0 Å². The minimum atomic E-state index is 0. The third kappa shape index (κ3) is 36.5. The van der Waals surface area contributed by atoms with Gasteiger partial charge in [-0.05, 0) is 18.3 Å². The van der Waals surface area contributed by atoms with E-state index in [4.69, 9.17) is 15.2 Å². The molecule has 0 fully saturated rings. The summed E-state index contributed by atoms with van der Waals surface area (Å²) >= 11 is 0. The van der Waals surface area contributed by atoms with Crippen molar-refractivity contribution in [3.05, 3.63) is 12.7 Å². The van der Waals surface area contributed by atoms with Gasteiger partial charge in [0.1, 0.15) is 0 Å². The van der Waals surface area contributed by atoms with Gasteiger partial charge in [-0.15, -0.1) is 6.54 Å². The Morgan fingerprint density at radius 3 is 1.75 bits per heavy atom. The van der Waals surface area contributed by atoms with Crippen LogP contribution in [0.1, 0.15) is 53.4 Å². The van der Waals surface area contributed by atoms with Gasteiger partial charge in [-0.1, -0.05) is 34.1 Å². The molecule has 0 aliphatic rings. The van der Waals surface area contributed by atoms with E-state index in [0.717, 1.165) is 19.4 Å². The van der Waals surface area contributed by atoms with Crippen LogP contribution in [0.25, 0.3) is 5.73 Å². The van der Waals surface area contributed by atoms with E-state index in [1.54, 1.807) is 0 Å². The summed E-state index contributed by atoms with van der Waals surface area (Å²) in [6, 6.07) is 0. The number of ether oxygens (including phenoxy) is 2. The minimum absolute atomic E-state index is 0. The van der Waals surface area contributed by atoms with Crippen molar-refractivity contribution in [2.24, 2.45) is 5.41 Å². The van der Waals surface area contributed by atoms with Gasteiger partial charge in [0.2, 0.25) is 0 Å². The second kappa shape index (κ2) is 22.5. The van der Waals surface area contributed by atoms with Crippen LogP contribution in [0, 0.1) is 12.3 Å². The molecule has 0 amide bonds. The van der Waals surface area contributed by atoms with Gasteiger partial charge < -0.3 is 22.1 Å². The summed E-state index contributed by atoms with van der Waals surface area (Å²) in [5.41, 5.74) is 7.31. The van der Waals surface area contributed by atoms with Gasteiger partial charge >= 0.3 is 0 Å². The maximum Gasteiger partial charge on any atom is 0.0700 e. The van der Waals surface area contributed by atoms with E-state index in [-0.39, 0.29) is 42.1 Å². The van der Waals surface area contributed by atoms with E-state index in [9.17, 15) is 0 Å². The molecule has 0 aromatic rings. The molecule has 0 unspecified atom stereocenters. The van der Waals surface area contributed by atoms with E-state index >= 15 is 0 Å². The fourth-order valence-electron chi connectivity index (χ4n) is 1.25. The van der Waals surface area contributed by atoms with E-state index in [1.807, 2.05) is 6.92 Å². The first-order chi connectivity index (χ1) is 8.47. The number of rotatable bonds is 9. The fourth-order valence-corrected chi connectivity index (χ4v) is 1.25. The molecule has 0 aromatic heterocycles. The first kappa shape index (κ1) is 29.3. The van der Waals surface area contributed by atoms with Gasteiger partial charge in [-0.3, -0.25) is 0 Å². The Balaban J connectivity index is -0.000000233. The molecule has 5 heteroatoms. The van der Waals surface area contributed by atoms with Crippen molar-refractivity contribution in [3.63, 3.8) is 0 Å². The number of nitrogens with one attached hydrogen (secondary N) is 1. The molecule has 0 bridgehead atoms. The molecular weight excluding hydrogens is 594 g/mol. The average molecular weight is 627 g/mol. The average Bonchev–Trinajstić information content (AvgIpc) is 2.26. The summed E-state index contributed by atoms with van der Waals surface area (Å²) in [5.74, 6) is 0. The molecule has 1 N–H and O–H groups in total. The Bertz CT molecular complexity index is 153. The first-order valence-corrected chi connectivity index (χ1v) is 7.07. The molecule has 0 aliphatic carbocycles. The molecule has 0 spiro atoms.